The molecule has 0 radical (unpaired) electrons. The highest BCUT2D eigenvalue weighted by Crippen LogP contribution is 2.23. The second-order valence-corrected chi connectivity index (χ2v) is 5.55. The van der Waals surface area contributed by atoms with Gasteiger partial charge in [-0.05, 0) is 56.2 Å². The van der Waals surface area contributed by atoms with E-state index >= 15 is 0 Å². The van der Waals surface area contributed by atoms with E-state index in [-0.39, 0.29) is 18.4 Å². The van der Waals surface area contributed by atoms with Crippen LogP contribution in [0.25, 0.3) is 0 Å². The first-order valence-electron chi connectivity index (χ1n) is 7.13. The van der Waals surface area contributed by atoms with Crippen molar-refractivity contribution in [2.75, 3.05) is 18.7 Å². The summed E-state index contributed by atoms with van der Waals surface area (Å²) in [6.07, 6.45) is 0. The zero-order valence-electron chi connectivity index (χ0n) is 13.4. The molecule has 0 bridgehead atoms. The Kier molecular flexibility index (Phi) is 4.71. The number of anilines is 1. The highest BCUT2D eigenvalue weighted by molar-refractivity contribution is 5.91. The minimum Gasteiger partial charge on any atom is -0.508 e. The van der Waals surface area contributed by atoms with Crippen LogP contribution in [-0.2, 0) is 4.74 Å². The zero-order valence-corrected chi connectivity index (χ0v) is 13.4. The molecule has 0 aliphatic rings. The number of carbonyl (C=O) groups excluding carboxylic acids is 1. The van der Waals surface area contributed by atoms with Crippen molar-refractivity contribution < 1.29 is 14.6 Å². The third kappa shape index (κ3) is 3.58. The lowest BCUT2D eigenvalue weighted by Crippen LogP contribution is -2.24. The van der Waals surface area contributed by atoms with Crippen molar-refractivity contribution in [2.24, 2.45) is 0 Å². The van der Waals surface area contributed by atoms with Crippen molar-refractivity contribution in [3.63, 3.8) is 0 Å². The van der Waals surface area contributed by atoms with E-state index in [0.717, 1.165) is 22.4 Å². The Balaban J connectivity index is 2.04. The Bertz CT molecular complexity index is 695. The van der Waals surface area contributed by atoms with E-state index in [1.807, 2.05) is 44.9 Å². The van der Waals surface area contributed by atoms with E-state index in [9.17, 15) is 9.90 Å². The number of hydrogen-bond acceptors (Lipinski definition) is 4. The van der Waals surface area contributed by atoms with Crippen LogP contribution in [0.2, 0.25) is 0 Å². The minimum atomic E-state index is -0.333. The number of ether oxygens (including phenoxy) is 1. The smallest absolute Gasteiger partial charge is 0.340 e. The van der Waals surface area contributed by atoms with Crippen molar-refractivity contribution in [1.82, 2.24) is 0 Å². The highest BCUT2D eigenvalue weighted by Gasteiger charge is 2.12. The lowest BCUT2D eigenvalue weighted by atomic mass is 10.1. The van der Waals surface area contributed by atoms with Crippen LogP contribution in [0.1, 0.15) is 27.0 Å². The third-order valence-electron chi connectivity index (χ3n) is 3.58. The van der Waals surface area contributed by atoms with E-state index < -0.39 is 0 Å². The van der Waals surface area contributed by atoms with Gasteiger partial charge in [0.05, 0.1) is 5.56 Å². The Hall–Kier alpha value is -2.49. The Labute approximate surface area is 131 Å². The molecule has 0 spiro atoms. The number of rotatable bonds is 4. The van der Waals surface area contributed by atoms with Crippen LogP contribution in [-0.4, -0.2) is 24.9 Å². The fourth-order valence-electron chi connectivity index (χ4n) is 2.41. The molecular formula is C18H21NO3. The van der Waals surface area contributed by atoms with Crippen LogP contribution in [0, 0.1) is 20.8 Å². The monoisotopic (exact) mass is 299 g/mol. The quantitative estimate of drug-likeness (QED) is 0.692. The summed E-state index contributed by atoms with van der Waals surface area (Å²) in [7, 11) is 1.84. The Morgan fingerprint density at radius 2 is 1.82 bits per heavy atom. The largest absolute Gasteiger partial charge is 0.508 e. The van der Waals surface area contributed by atoms with Gasteiger partial charge in [-0.1, -0.05) is 17.7 Å². The molecule has 2 aromatic rings. The zero-order chi connectivity index (χ0) is 16.3. The van der Waals surface area contributed by atoms with Crippen molar-refractivity contribution in [3.8, 4) is 5.75 Å². The Morgan fingerprint density at radius 3 is 2.45 bits per heavy atom. The Morgan fingerprint density at radius 1 is 1.09 bits per heavy atom. The van der Waals surface area contributed by atoms with Gasteiger partial charge in [0.1, 0.15) is 5.75 Å². The molecule has 2 aromatic carbocycles. The van der Waals surface area contributed by atoms with Crippen molar-refractivity contribution in [1.29, 1.82) is 0 Å². The second kappa shape index (κ2) is 6.52. The molecule has 116 valence electrons. The van der Waals surface area contributed by atoms with Crippen LogP contribution in [0.15, 0.2) is 36.4 Å². The SMILES string of the molecule is Cc1ccc(C(=O)OCN(C)c2ccc(O)cc2C)c(C)c1. The first-order valence-corrected chi connectivity index (χ1v) is 7.13. The van der Waals surface area contributed by atoms with Crippen LogP contribution in [0.4, 0.5) is 5.69 Å². The average molecular weight is 299 g/mol. The number of benzene rings is 2. The standard InChI is InChI=1S/C18H21NO3/c1-12-5-7-16(13(2)9-12)18(21)22-11-19(4)17-8-6-15(20)10-14(17)3/h5-10,20H,11H2,1-4H3. The summed E-state index contributed by atoms with van der Waals surface area (Å²) >= 11 is 0. The van der Waals surface area contributed by atoms with Gasteiger partial charge < -0.3 is 14.7 Å². The maximum atomic E-state index is 12.2. The number of aryl methyl sites for hydroxylation is 3. The van der Waals surface area contributed by atoms with E-state index in [0.29, 0.717) is 5.56 Å². The van der Waals surface area contributed by atoms with E-state index in [2.05, 4.69) is 0 Å². The van der Waals surface area contributed by atoms with Crippen LogP contribution in [0.3, 0.4) is 0 Å². The molecule has 0 saturated heterocycles. The number of phenols is 1. The summed E-state index contributed by atoms with van der Waals surface area (Å²) < 4.78 is 5.37. The van der Waals surface area contributed by atoms with Crippen LogP contribution < -0.4 is 4.90 Å². The highest BCUT2D eigenvalue weighted by atomic mass is 16.5. The number of esters is 1. The number of hydrogen-bond donors (Lipinski definition) is 1. The molecule has 0 fully saturated rings. The maximum Gasteiger partial charge on any atom is 0.340 e. The van der Waals surface area contributed by atoms with Gasteiger partial charge in [0.25, 0.3) is 0 Å². The van der Waals surface area contributed by atoms with Gasteiger partial charge in [0.15, 0.2) is 6.73 Å². The molecule has 1 N–H and O–H groups in total. The second-order valence-electron chi connectivity index (χ2n) is 5.55. The average Bonchev–Trinajstić information content (AvgIpc) is 2.44. The van der Waals surface area contributed by atoms with Crippen LogP contribution in [0.5, 0.6) is 5.75 Å². The van der Waals surface area contributed by atoms with Crippen molar-refractivity contribution >= 4 is 11.7 Å². The summed E-state index contributed by atoms with van der Waals surface area (Å²) in [6, 6.07) is 10.7. The van der Waals surface area contributed by atoms with E-state index in [4.69, 9.17) is 4.74 Å². The van der Waals surface area contributed by atoms with Gasteiger partial charge in [-0.25, -0.2) is 4.79 Å². The molecule has 0 atom stereocenters. The molecule has 0 unspecified atom stereocenters. The lowest BCUT2D eigenvalue weighted by molar-refractivity contribution is 0.0508. The normalized spacial score (nSPS) is 10.4. The first-order chi connectivity index (χ1) is 10.4. The summed E-state index contributed by atoms with van der Waals surface area (Å²) in [5, 5.41) is 9.44. The molecule has 2 rings (SSSR count). The molecule has 0 aliphatic carbocycles. The summed E-state index contributed by atoms with van der Waals surface area (Å²) in [5.41, 5.74) is 4.44. The van der Waals surface area contributed by atoms with Gasteiger partial charge in [0, 0.05) is 12.7 Å². The van der Waals surface area contributed by atoms with Crippen molar-refractivity contribution in [3.05, 3.63) is 58.7 Å². The molecule has 4 nitrogen and oxygen atoms in total. The summed E-state index contributed by atoms with van der Waals surface area (Å²) in [5.74, 6) is -0.109. The number of phenolic OH excluding ortho intramolecular Hbond substituents is 1. The predicted octanol–water partition coefficient (Wildman–Crippen LogP) is 3.57. The molecule has 0 aliphatic heterocycles. The fraction of sp³-hybridized carbons (Fsp3) is 0.278. The maximum absolute atomic E-state index is 12.2. The summed E-state index contributed by atoms with van der Waals surface area (Å²) in [6.45, 7) is 5.94. The number of nitrogens with zero attached hydrogens (tertiary/aromatic N) is 1. The predicted molar refractivity (Wildman–Crippen MR) is 87.4 cm³/mol. The van der Waals surface area contributed by atoms with Crippen molar-refractivity contribution in [2.45, 2.75) is 20.8 Å². The van der Waals surface area contributed by atoms with Gasteiger partial charge in [0.2, 0.25) is 0 Å². The molecule has 22 heavy (non-hydrogen) atoms. The van der Waals surface area contributed by atoms with Gasteiger partial charge in [-0.2, -0.15) is 0 Å². The molecular weight excluding hydrogens is 278 g/mol. The van der Waals surface area contributed by atoms with Gasteiger partial charge >= 0.3 is 5.97 Å². The lowest BCUT2D eigenvalue weighted by Gasteiger charge is -2.21. The van der Waals surface area contributed by atoms with Crippen LogP contribution >= 0.6 is 0 Å². The molecule has 0 aromatic heterocycles. The van der Waals surface area contributed by atoms with E-state index in [1.165, 1.54) is 0 Å². The fourth-order valence-corrected chi connectivity index (χ4v) is 2.41. The molecule has 0 heterocycles. The summed E-state index contributed by atoms with van der Waals surface area (Å²) in [4.78, 5) is 14.0. The van der Waals surface area contributed by atoms with E-state index in [1.54, 1.807) is 24.3 Å². The number of aromatic hydroxyl groups is 1. The molecule has 0 saturated carbocycles. The first kappa shape index (κ1) is 15.9. The third-order valence-corrected chi connectivity index (χ3v) is 3.58. The van der Waals surface area contributed by atoms with Gasteiger partial charge in [-0.3, -0.25) is 0 Å². The molecule has 0 amide bonds. The topological polar surface area (TPSA) is 49.8 Å². The van der Waals surface area contributed by atoms with Gasteiger partial charge in [-0.15, -0.1) is 0 Å². The number of carbonyl (C=O) groups is 1. The molecule has 4 heteroatoms. The minimum absolute atomic E-state index is 0.151.